The molecule has 1 N–H and O–H groups in total. The number of amides is 1. The molecule has 0 aliphatic rings. The fourth-order valence-electron chi connectivity index (χ4n) is 2.49. The second-order valence-corrected chi connectivity index (χ2v) is 6.31. The van der Waals surface area contributed by atoms with E-state index in [1.807, 2.05) is 30.3 Å². The van der Waals surface area contributed by atoms with Crippen molar-refractivity contribution in [2.45, 2.75) is 26.0 Å². The van der Waals surface area contributed by atoms with E-state index in [1.54, 1.807) is 0 Å². The Bertz CT molecular complexity index is 882. The fraction of sp³-hybridized carbons (Fsp3) is 0.227. The van der Waals surface area contributed by atoms with Crippen molar-refractivity contribution in [1.82, 2.24) is 5.32 Å². The van der Waals surface area contributed by atoms with Gasteiger partial charge in [-0.3, -0.25) is 9.59 Å². The number of halogens is 2. The number of hydrogen-bond acceptors (Lipinski definition) is 5. The molecule has 0 fully saturated rings. The number of ketones is 1. The highest BCUT2D eigenvalue weighted by Gasteiger charge is 2.18. The lowest BCUT2D eigenvalue weighted by atomic mass is 10.0. The standard InChI is InChI=1S/C22H21F2NO5/c1-15(26)19(13-17-5-3-2-4-6-17)25-20(27)14-29-21(28)12-9-16-7-10-18(11-8-16)30-22(23)24/h2-12,19,22H,13-14H2,1H3,(H,25,27)/b12-9+/t19-/m1/s1. The van der Waals surface area contributed by atoms with Gasteiger partial charge in [-0.2, -0.15) is 8.78 Å². The lowest BCUT2D eigenvalue weighted by molar-refractivity contribution is -0.144. The van der Waals surface area contributed by atoms with Gasteiger partial charge in [0.25, 0.3) is 5.91 Å². The van der Waals surface area contributed by atoms with Crippen LogP contribution in [-0.4, -0.2) is 36.9 Å². The maximum atomic E-state index is 12.1. The Morgan fingerprint density at radius 2 is 1.70 bits per heavy atom. The summed E-state index contributed by atoms with van der Waals surface area (Å²) in [6, 6.07) is 14.1. The molecule has 0 saturated carbocycles. The zero-order valence-corrected chi connectivity index (χ0v) is 16.2. The minimum atomic E-state index is -2.91. The highest BCUT2D eigenvalue weighted by molar-refractivity contribution is 5.91. The first-order chi connectivity index (χ1) is 14.3. The molecule has 6 nitrogen and oxygen atoms in total. The maximum absolute atomic E-state index is 12.1. The van der Waals surface area contributed by atoms with Crippen LogP contribution in [0.5, 0.6) is 5.75 Å². The van der Waals surface area contributed by atoms with Gasteiger partial charge in [-0.1, -0.05) is 42.5 Å². The number of ether oxygens (including phenoxy) is 2. The molecule has 158 valence electrons. The van der Waals surface area contributed by atoms with Gasteiger partial charge < -0.3 is 14.8 Å². The van der Waals surface area contributed by atoms with Crippen LogP contribution in [0, 0.1) is 0 Å². The number of Topliss-reactive ketones (excluding diaryl/α,β-unsaturated/α-hetero) is 1. The minimum Gasteiger partial charge on any atom is -0.452 e. The van der Waals surface area contributed by atoms with E-state index in [1.165, 1.54) is 37.3 Å². The summed E-state index contributed by atoms with van der Waals surface area (Å²) in [5.74, 6) is -1.57. The van der Waals surface area contributed by atoms with Crippen molar-refractivity contribution in [3.63, 3.8) is 0 Å². The van der Waals surface area contributed by atoms with Crippen molar-refractivity contribution >= 4 is 23.7 Å². The summed E-state index contributed by atoms with van der Waals surface area (Å²) in [6.45, 7) is -2.08. The quantitative estimate of drug-likeness (QED) is 0.474. The third-order valence-corrected chi connectivity index (χ3v) is 3.97. The van der Waals surface area contributed by atoms with Gasteiger partial charge >= 0.3 is 12.6 Å². The topological polar surface area (TPSA) is 81.7 Å². The van der Waals surface area contributed by atoms with Gasteiger partial charge in [0.15, 0.2) is 12.4 Å². The van der Waals surface area contributed by atoms with Crippen LogP contribution in [0.3, 0.4) is 0 Å². The Balaban J connectivity index is 1.80. The van der Waals surface area contributed by atoms with E-state index in [0.29, 0.717) is 12.0 Å². The second-order valence-electron chi connectivity index (χ2n) is 6.31. The lowest BCUT2D eigenvalue weighted by Crippen LogP contribution is -2.43. The molecular formula is C22H21F2NO5. The van der Waals surface area contributed by atoms with Gasteiger partial charge in [0.1, 0.15) is 5.75 Å². The summed E-state index contributed by atoms with van der Waals surface area (Å²) in [5.41, 5.74) is 1.44. The van der Waals surface area contributed by atoms with Crippen LogP contribution in [0.1, 0.15) is 18.1 Å². The Kier molecular flexibility index (Phi) is 8.68. The maximum Gasteiger partial charge on any atom is 0.387 e. The number of carbonyl (C=O) groups is 3. The van der Waals surface area contributed by atoms with E-state index in [9.17, 15) is 23.2 Å². The summed E-state index contributed by atoms with van der Waals surface area (Å²) in [7, 11) is 0. The Labute approximate surface area is 172 Å². The van der Waals surface area contributed by atoms with Gasteiger partial charge in [0, 0.05) is 6.08 Å². The summed E-state index contributed by atoms with van der Waals surface area (Å²) in [5, 5.41) is 2.55. The van der Waals surface area contributed by atoms with Crippen LogP contribution in [0.25, 0.3) is 6.08 Å². The van der Waals surface area contributed by atoms with Crippen LogP contribution in [0.4, 0.5) is 8.78 Å². The van der Waals surface area contributed by atoms with Crippen molar-refractivity contribution in [2.24, 2.45) is 0 Å². The normalized spacial score (nSPS) is 11.9. The van der Waals surface area contributed by atoms with Crippen molar-refractivity contribution in [1.29, 1.82) is 0 Å². The first-order valence-corrected chi connectivity index (χ1v) is 9.07. The van der Waals surface area contributed by atoms with Gasteiger partial charge in [-0.05, 0) is 42.7 Å². The van der Waals surface area contributed by atoms with Crippen LogP contribution < -0.4 is 10.1 Å². The molecule has 2 rings (SSSR count). The monoisotopic (exact) mass is 417 g/mol. The fourth-order valence-corrected chi connectivity index (χ4v) is 2.49. The molecule has 0 aromatic heterocycles. The van der Waals surface area contributed by atoms with Gasteiger partial charge in [-0.15, -0.1) is 0 Å². The Morgan fingerprint density at radius 1 is 1.03 bits per heavy atom. The lowest BCUT2D eigenvalue weighted by Gasteiger charge is -2.16. The van der Waals surface area contributed by atoms with Crippen molar-refractivity contribution in [2.75, 3.05) is 6.61 Å². The molecule has 2 aromatic carbocycles. The first kappa shape index (κ1) is 22.7. The molecule has 0 aliphatic carbocycles. The Hall–Kier alpha value is -3.55. The van der Waals surface area contributed by atoms with E-state index < -0.39 is 31.1 Å². The van der Waals surface area contributed by atoms with E-state index in [0.717, 1.165) is 11.6 Å². The molecule has 1 amide bonds. The predicted molar refractivity (Wildman–Crippen MR) is 106 cm³/mol. The van der Waals surface area contributed by atoms with Crippen LogP contribution >= 0.6 is 0 Å². The van der Waals surface area contributed by atoms with Crippen molar-refractivity contribution in [3.8, 4) is 5.75 Å². The molecule has 30 heavy (non-hydrogen) atoms. The zero-order chi connectivity index (χ0) is 21.9. The number of esters is 1. The molecule has 0 saturated heterocycles. The number of benzene rings is 2. The molecule has 1 atom stereocenters. The van der Waals surface area contributed by atoms with E-state index in [-0.39, 0.29) is 11.5 Å². The average molecular weight is 417 g/mol. The molecular weight excluding hydrogens is 396 g/mol. The highest BCUT2D eigenvalue weighted by atomic mass is 19.3. The SMILES string of the molecule is CC(=O)[C@@H](Cc1ccccc1)NC(=O)COC(=O)/C=C/c1ccc(OC(F)F)cc1. The number of hydrogen-bond donors (Lipinski definition) is 1. The van der Waals surface area contributed by atoms with Crippen LogP contribution in [-0.2, 0) is 25.5 Å². The number of carbonyl (C=O) groups excluding carboxylic acids is 3. The summed E-state index contributed by atoms with van der Waals surface area (Å²) >= 11 is 0. The Morgan fingerprint density at radius 3 is 2.30 bits per heavy atom. The number of rotatable bonds is 10. The number of nitrogens with one attached hydrogen (secondary N) is 1. The van der Waals surface area contributed by atoms with Crippen molar-refractivity contribution in [3.05, 3.63) is 71.8 Å². The summed E-state index contributed by atoms with van der Waals surface area (Å²) < 4.78 is 33.3. The molecule has 0 radical (unpaired) electrons. The second kappa shape index (κ2) is 11.5. The molecule has 0 bridgehead atoms. The zero-order valence-electron chi connectivity index (χ0n) is 16.2. The molecule has 2 aromatic rings. The molecule has 8 heteroatoms. The third-order valence-electron chi connectivity index (χ3n) is 3.97. The van der Waals surface area contributed by atoms with E-state index in [4.69, 9.17) is 4.74 Å². The largest absolute Gasteiger partial charge is 0.452 e. The van der Waals surface area contributed by atoms with Crippen LogP contribution in [0.2, 0.25) is 0 Å². The third kappa shape index (κ3) is 8.22. The van der Waals surface area contributed by atoms with Gasteiger partial charge in [0.05, 0.1) is 6.04 Å². The molecule has 0 spiro atoms. The predicted octanol–water partition coefficient (Wildman–Crippen LogP) is 3.16. The van der Waals surface area contributed by atoms with Crippen LogP contribution in [0.15, 0.2) is 60.7 Å². The highest BCUT2D eigenvalue weighted by Crippen LogP contribution is 2.15. The molecule has 0 heterocycles. The molecule has 0 unspecified atom stereocenters. The smallest absolute Gasteiger partial charge is 0.387 e. The van der Waals surface area contributed by atoms with E-state index >= 15 is 0 Å². The first-order valence-electron chi connectivity index (χ1n) is 9.07. The van der Waals surface area contributed by atoms with Crippen molar-refractivity contribution < 1.29 is 32.6 Å². The number of alkyl halides is 2. The van der Waals surface area contributed by atoms with E-state index in [2.05, 4.69) is 10.1 Å². The average Bonchev–Trinajstić information content (AvgIpc) is 2.71. The minimum absolute atomic E-state index is 0.00285. The summed E-state index contributed by atoms with van der Waals surface area (Å²) in [6.07, 6.45) is 2.84. The molecule has 0 aliphatic heterocycles. The van der Waals surface area contributed by atoms with Gasteiger partial charge in [0.2, 0.25) is 0 Å². The summed E-state index contributed by atoms with van der Waals surface area (Å²) in [4.78, 5) is 35.6. The van der Waals surface area contributed by atoms with Gasteiger partial charge in [-0.25, -0.2) is 4.79 Å².